The SMILES string of the molecule is O=C(NC1(CCl)CC1)c1ccccc1Cl. The van der Waals surface area contributed by atoms with E-state index in [1.807, 2.05) is 0 Å². The van der Waals surface area contributed by atoms with Crippen LogP contribution in [-0.4, -0.2) is 17.3 Å². The van der Waals surface area contributed by atoms with Gasteiger partial charge >= 0.3 is 0 Å². The molecule has 0 radical (unpaired) electrons. The van der Waals surface area contributed by atoms with Crippen molar-refractivity contribution >= 4 is 29.1 Å². The Morgan fingerprint density at radius 2 is 2.07 bits per heavy atom. The third-order valence-corrected chi connectivity index (χ3v) is 3.45. The quantitative estimate of drug-likeness (QED) is 0.814. The highest BCUT2D eigenvalue weighted by atomic mass is 35.5. The van der Waals surface area contributed by atoms with Gasteiger partial charge in [0.15, 0.2) is 0 Å². The number of amides is 1. The topological polar surface area (TPSA) is 29.1 Å². The molecule has 80 valence electrons. The molecule has 0 aromatic heterocycles. The number of hydrogen-bond donors (Lipinski definition) is 1. The Morgan fingerprint density at radius 1 is 1.40 bits per heavy atom. The zero-order valence-corrected chi connectivity index (χ0v) is 9.61. The average molecular weight is 244 g/mol. The van der Waals surface area contributed by atoms with Crippen LogP contribution in [0.3, 0.4) is 0 Å². The average Bonchev–Trinajstić information content (AvgIpc) is 2.99. The fraction of sp³-hybridized carbons (Fsp3) is 0.364. The van der Waals surface area contributed by atoms with Crippen LogP contribution in [0.4, 0.5) is 0 Å². The Balaban J connectivity index is 2.12. The Bertz CT molecular complexity index is 388. The summed E-state index contributed by atoms with van der Waals surface area (Å²) in [4.78, 5) is 11.8. The summed E-state index contributed by atoms with van der Waals surface area (Å²) < 4.78 is 0. The number of halogens is 2. The fourth-order valence-electron chi connectivity index (χ4n) is 1.40. The van der Waals surface area contributed by atoms with Crippen LogP contribution in [0.5, 0.6) is 0 Å². The normalized spacial score (nSPS) is 17.2. The second-order valence-electron chi connectivity index (χ2n) is 3.85. The summed E-state index contributed by atoms with van der Waals surface area (Å²) in [5, 5.41) is 3.39. The molecule has 0 atom stereocenters. The summed E-state index contributed by atoms with van der Waals surface area (Å²) >= 11 is 11.7. The molecule has 1 aromatic carbocycles. The molecular weight excluding hydrogens is 233 g/mol. The van der Waals surface area contributed by atoms with Crippen molar-refractivity contribution in [3.8, 4) is 0 Å². The van der Waals surface area contributed by atoms with Crippen molar-refractivity contribution in [1.29, 1.82) is 0 Å². The molecule has 0 saturated heterocycles. The van der Waals surface area contributed by atoms with E-state index in [1.165, 1.54) is 0 Å². The molecule has 0 aliphatic heterocycles. The maximum Gasteiger partial charge on any atom is 0.253 e. The van der Waals surface area contributed by atoms with E-state index in [2.05, 4.69) is 5.32 Å². The fourth-order valence-corrected chi connectivity index (χ4v) is 1.95. The van der Waals surface area contributed by atoms with Crippen molar-refractivity contribution in [2.45, 2.75) is 18.4 Å². The molecule has 1 N–H and O–H groups in total. The van der Waals surface area contributed by atoms with Gasteiger partial charge in [-0.2, -0.15) is 0 Å². The number of alkyl halides is 1. The second kappa shape index (κ2) is 4.03. The van der Waals surface area contributed by atoms with Crippen LogP contribution in [0.1, 0.15) is 23.2 Å². The van der Waals surface area contributed by atoms with Gasteiger partial charge in [0.05, 0.1) is 16.1 Å². The minimum Gasteiger partial charge on any atom is -0.345 e. The van der Waals surface area contributed by atoms with E-state index >= 15 is 0 Å². The van der Waals surface area contributed by atoms with Crippen molar-refractivity contribution in [3.63, 3.8) is 0 Å². The van der Waals surface area contributed by atoms with Gasteiger partial charge in [-0.1, -0.05) is 23.7 Å². The van der Waals surface area contributed by atoms with Crippen molar-refractivity contribution in [2.75, 3.05) is 5.88 Å². The Kier molecular flexibility index (Phi) is 2.89. The molecular formula is C11H11Cl2NO. The van der Waals surface area contributed by atoms with E-state index in [-0.39, 0.29) is 11.4 Å². The van der Waals surface area contributed by atoms with Crippen LogP contribution in [0, 0.1) is 0 Å². The highest BCUT2D eigenvalue weighted by molar-refractivity contribution is 6.33. The lowest BCUT2D eigenvalue weighted by molar-refractivity contribution is 0.0936. The van der Waals surface area contributed by atoms with Gasteiger partial charge in [-0.15, -0.1) is 11.6 Å². The van der Waals surface area contributed by atoms with E-state index in [0.717, 1.165) is 12.8 Å². The van der Waals surface area contributed by atoms with Crippen LogP contribution in [-0.2, 0) is 0 Å². The van der Waals surface area contributed by atoms with Gasteiger partial charge in [0.1, 0.15) is 0 Å². The largest absolute Gasteiger partial charge is 0.345 e. The predicted molar refractivity (Wildman–Crippen MR) is 61.6 cm³/mol. The van der Waals surface area contributed by atoms with Crippen LogP contribution in [0.15, 0.2) is 24.3 Å². The number of carbonyl (C=O) groups is 1. The summed E-state index contributed by atoms with van der Waals surface area (Å²) in [7, 11) is 0. The molecule has 0 heterocycles. The first-order valence-corrected chi connectivity index (χ1v) is 5.71. The summed E-state index contributed by atoms with van der Waals surface area (Å²) in [6.07, 6.45) is 1.90. The number of nitrogens with one attached hydrogen (secondary N) is 1. The van der Waals surface area contributed by atoms with Crippen molar-refractivity contribution in [1.82, 2.24) is 5.32 Å². The molecule has 2 rings (SSSR count). The molecule has 0 bridgehead atoms. The van der Waals surface area contributed by atoms with E-state index < -0.39 is 0 Å². The lowest BCUT2D eigenvalue weighted by Gasteiger charge is -2.14. The maximum absolute atomic E-state index is 11.8. The monoisotopic (exact) mass is 243 g/mol. The molecule has 4 heteroatoms. The highest BCUT2D eigenvalue weighted by Gasteiger charge is 2.43. The zero-order chi connectivity index (χ0) is 10.9. The predicted octanol–water partition coefficient (Wildman–Crippen LogP) is 2.84. The molecule has 15 heavy (non-hydrogen) atoms. The van der Waals surface area contributed by atoms with E-state index in [0.29, 0.717) is 16.5 Å². The molecule has 1 saturated carbocycles. The number of hydrogen-bond acceptors (Lipinski definition) is 1. The standard InChI is InChI=1S/C11H11Cl2NO/c12-7-11(5-6-11)14-10(15)8-3-1-2-4-9(8)13/h1-4H,5-7H2,(H,14,15). The Morgan fingerprint density at radius 3 is 2.60 bits per heavy atom. The number of benzene rings is 1. The first-order valence-electron chi connectivity index (χ1n) is 4.80. The lowest BCUT2D eigenvalue weighted by atomic mass is 10.2. The minimum atomic E-state index is -0.183. The van der Waals surface area contributed by atoms with Gasteiger partial charge < -0.3 is 5.32 Å². The summed E-state index contributed by atoms with van der Waals surface area (Å²) in [5.74, 6) is 0.321. The molecule has 1 aromatic rings. The van der Waals surface area contributed by atoms with E-state index in [1.54, 1.807) is 24.3 Å². The third kappa shape index (κ3) is 2.27. The van der Waals surface area contributed by atoms with Gasteiger partial charge in [-0.3, -0.25) is 4.79 Å². The number of carbonyl (C=O) groups excluding carboxylic acids is 1. The molecule has 1 aliphatic carbocycles. The number of rotatable bonds is 3. The molecule has 2 nitrogen and oxygen atoms in total. The molecule has 0 unspecified atom stereocenters. The van der Waals surface area contributed by atoms with Crippen LogP contribution < -0.4 is 5.32 Å². The summed E-state index contributed by atoms with van der Waals surface area (Å²) in [6.45, 7) is 0. The van der Waals surface area contributed by atoms with Crippen molar-refractivity contribution in [2.24, 2.45) is 0 Å². The molecule has 1 aliphatic rings. The first-order chi connectivity index (χ1) is 7.17. The van der Waals surface area contributed by atoms with Crippen LogP contribution in [0.2, 0.25) is 5.02 Å². The van der Waals surface area contributed by atoms with Crippen LogP contribution in [0.25, 0.3) is 0 Å². The second-order valence-corrected chi connectivity index (χ2v) is 4.52. The summed E-state index contributed by atoms with van der Waals surface area (Å²) in [5.41, 5.74) is 0.327. The van der Waals surface area contributed by atoms with E-state index in [9.17, 15) is 4.79 Å². The van der Waals surface area contributed by atoms with Gasteiger partial charge in [-0.05, 0) is 25.0 Å². The smallest absolute Gasteiger partial charge is 0.253 e. The van der Waals surface area contributed by atoms with Gasteiger partial charge in [0.2, 0.25) is 0 Å². The van der Waals surface area contributed by atoms with Gasteiger partial charge in [-0.25, -0.2) is 0 Å². The molecule has 1 fully saturated rings. The Labute approximate surface area is 98.6 Å². The lowest BCUT2D eigenvalue weighted by Crippen LogP contribution is -2.38. The van der Waals surface area contributed by atoms with Crippen molar-refractivity contribution in [3.05, 3.63) is 34.9 Å². The summed E-state index contributed by atoms with van der Waals surface area (Å²) in [6, 6.07) is 7.01. The first kappa shape index (κ1) is 10.8. The van der Waals surface area contributed by atoms with E-state index in [4.69, 9.17) is 23.2 Å². The highest BCUT2D eigenvalue weighted by Crippen LogP contribution is 2.36. The third-order valence-electron chi connectivity index (χ3n) is 2.61. The minimum absolute atomic E-state index is 0.140. The Hall–Kier alpha value is -0.730. The molecule has 1 amide bonds. The van der Waals surface area contributed by atoms with Gasteiger partial charge in [0, 0.05) is 5.88 Å². The van der Waals surface area contributed by atoms with Gasteiger partial charge in [0.25, 0.3) is 5.91 Å². The zero-order valence-electron chi connectivity index (χ0n) is 8.09. The molecule has 0 spiro atoms. The van der Waals surface area contributed by atoms with Crippen molar-refractivity contribution < 1.29 is 4.79 Å². The maximum atomic E-state index is 11.8. The van der Waals surface area contributed by atoms with Crippen LogP contribution >= 0.6 is 23.2 Å².